The molecule has 7 heteroatoms. The molecule has 0 unspecified atom stereocenters. The summed E-state index contributed by atoms with van der Waals surface area (Å²) in [6.45, 7) is 1.74. The van der Waals surface area contributed by atoms with Crippen LogP contribution in [0.5, 0.6) is 0 Å². The molecule has 1 aromatic carbocycles. The number of benzene rings is 1. The summed E-state index contributed by atoms with van der Waals surface area (Å²) in [5, 5.41) is 10.3. The van der Waals surface area contributed by atoms with Gasteiger partial charge in [-0.15, -0.1) is 0 Å². The van der Waals surface area contributed by atoms with Crippen LogP contribution in [-0.4, -0.2) is 18.0 Å². The Kier molecular flexibility index (Phi) is 5.29. The van der Waals surface area contributed by atoms with Gasteiger partial charge in [0, 0.05) is 18.5 Å². The van der Waals surface area contributed by atoms with E-state index in [4.69, 9.17) is 22.9 Å². The van der Waals surface area contributed by atoms with Crippen LogP contribution in [0.4, 0.5) is 5.69 Å². The standard InChI is InChI=1S/C11H14ClN5O/c1-7(18)15-6-8-4-9(12)2-3-10(8)16-11(5-13)17-14/h2-5,13H,6,14H2,1H3,(H,15,18)(H,16,17). The third-order valence-electron chi connectivity index (χ3n) is 2.09. The molecule has 5 N–H and O–H groups in total. The summed E-state index contributed by atoms with van der Waals surface area (Å²) >= 11 is 5.89. The van der Waals surface area contributed by atoms with Gasteiger partial charge >= 0.3 is 0 Å². The fraction of sp³-hybridized carbons (Fsp3) is 0.182. The van der Waals surface area contributed by atoms with Crippen LogP contribution in [0.2, 0.25) is 5.02 Å². The van der Waals surface area contributed by atoms with Crippen LogP contribution in [0, 0.1) is 5.41 Å². The van der Waals surface area contributed by atoms with E-state index in [1.807, 2.05) is 0 Å². The highest BCUT2D eigenvalue weighted by Gasteiger charge is 2.04. The highest BCUT2D eigenvalue weighted by Crippen LogP contribution is 2.23. The molecule has 0 aliphatic heterocycles. The van der Waals surface area contributed by atoms with E-state index in [-0.39, 0.29) is 11.7 Å². The number of carbonyl (C=O) groups excluding carboxylic acids is 1. The molecule has 0 fully saturated rings. The molecule has 0 saturated carbocycles. The zero-order chi connectivity index (χ0) is 13.5. The van der Waals surface area contributed by atoms with E-state index < -0.39 is 0 Å². The smallest absolute Gasteiger partial charge is 0.217 e. The summed E-state index contributed by atoms with van der Waals surface area (Å²) in [6, 6.07) is 5.07. The molecule has 1 rings (SSSR count). The molecule has 0 aliphatic rings. The summed E-state index contributed by atoms with van der Waals surface area (Å²) in [6.07, 6.45) is 0.997. The minimum atomic E-state index is -0.144. The fourth-order valence-electron chi connectivity index (χ4n) is 1.26. The van der Waals surface area contributed by atoms with Crippen molar-refractivity contribution >= 4 is 35.2 Å². The van der Waals surface area contributed by atoms with Gasteiger partial charge in [-0.2, -0.15) is 0 Å². The van der Waals surface area contributed by atoms with Crippen molar-refractivity contribution in [2.75, 3.05) is 0 Å². The van der Waals surface area contributed by atoms with Gasteiger partial charge in [0.25, 0.3) is 0 Å². The maximum atomic E-state index is 10.9. The predicted octanol–water partition coefficient (Wildman–Crippen LogP) is 1.12. The average Bonchev–Trinajstić information content (AvgIpc) is 2.35. The quantitative estimate of drug-likeness (QED) is 0.284. The third-order valence-corrected chi connectivity index (χ3v) is 2.33. The summed E-state index contributed by atoms with van der Waals surface area (Å²) in [7, 11) is 0. The molecule has 0 radical (unpaired) electrons. The van der Waals surface area contributed by atoms with Crippen molar-refractivity contribution in [1.29, 1.82) is 5.41 Å². The van der Waals surface area contributed by atoms with Gasteiger partial charge < -0.3 is 16.2 Å². The van der Waals surface area contributed by atoms with Gasteiger partial charge in [-0.3, -0.25) is 4.79 Å². The number of nitrogens with one attached hydrogen (secondary N) is 3. The van der Waals surface area contributed by atoms with Gasteiger partial charge in [-0.1, -0.05) is 11.6 Å². The number of aliphatic imine (C=N–C) groups is 1. The predicted molar refractivity (Wildman–Crippen MR) is 72.2 cm³/mol. The van der Waals surface area contributed by atoms with E-state index in [2.05, 4.69) is 15.7 Å². The summed E-state index contributed by atoms with van der Waals surface area (Å²) in [5.41, 5.74) is 3.62. The van der Waals surface area contributed by atoms with E-state index in [0.717, 1.165) is 11.8 Å². The molecule has 96 valence electrons. The first-order valence-corrected chi connectivity index (χ1v) is 5.53. The zero-order valence-corrected chi connectivity index (χ0v) is 10.6. The topological polar surface area (TPSA) is 103 Å². The van der Waals surface area contributed by atoms with Crippen molar-refractivity contribution < 1.29 is 4.79 Å². The minimum Gasteiger partial charge on any atom is -0.352 e. The number of carbonyl (C=O) groups is 1. The molecule has 0 aromatic heterocycles. The maximum Gasteiger partial charge on any atom is 0.217 e. The summed E-state index contributed by atoms with van der Waals surface area (Å²) in [4.78, 5) is 15.0. The lowest BCUT2D eigenvalue weighted by Crippen LogP contribution is -2.30. The van der Waals surface area contributed by atoms with Gasteiger partial charge in [-0.05, 0) is 23.8 Å². The molecular formula is C11H14ClN5O. The molecule has 0 heterocycles. The van der Waals surface area contributed by atoms with Crippen LogP contribution < -0.4 is 16.6 Å². The molecule has 0 bridgehead atoms. The number of rotatable bonds is 4. The Morgan fingerprint density at radius 3 is 2.89 bits per heavy atom. The maximum absolute atomic E-state index is 10.9. The van der Waals surface area contributed by atoms with Crippen LogP contribution in [0.15, 0.2) is 23.2 Å². The monoisotopic (exact) mass is 267 g/mol. The number of amides is 1. The SMILES string of the molecule is CC(=O)NCc1cc(Cl)ccc1N=C(C=N)NN. The molecular weight excluding hydrogens is 254 g/mol. The Balaban J connectivity index is 3.06. The number of halogens is 1. The molecule has 0 aliphatic carbocycles. The minimum absolute atomic E-state index is 0.144. The van der Waals surface area contributed by atoms with Crippen molar-refractivity contribution in [2.45, 2.75) is 13.5 Å². The highest BCUT2D eigenvalue weighted by atomic mass is 35.5. The second-order valence-electron chi connectivity index (χ2n) is 3.47. The van der Waals surface area contributed by atoms with Crippen LogP contribution in [-0.2, 0) is 11.3 Å². The third kappa shape index (κ3) is 4.15. The van der Waals surface area contributed by atoms with E-state index >= 15 is 0 Å². The van der Waals surface area contributed by atoms with Crippen molar-refractivity contribution in [3.63, 3.8) is 0 Å². The first-order chi connectivity index (χ1) is 8.56. The largest absolute Gasteiger partial charge is 0.352 e. The normalized spacial score (nSPS) is 10.9. The lowest BCUT2D eigenvalue weighted by Gasteiger charge is -2.08. The number of amidine groups is 1. The number of hydrogen-bond acceptors (Lipinski definition) is 4. The van der Waals surface area contributed by atoms with Gasteiger partial charge in [0.2, 0.25) is 5.91 Å². The fourth-order valence-corrected chi connectivity index (χ4v) is 1.46. The first-order valence-electron chi connectivity index (χ1n) is 5.15. The molecule has 0 spiro atoms. The Bertz CT molecular complexity index is 486. The number of hydrogen-bond donors (Lipinski definition) is 4. The number of hydrazine groups is 1. The van der Waals surface area contributed by atoms with E-state index in [1.165, 1.54) is 6.92 Å². The Labute approximate surface area is 110 Å². The van der Waals surface area contributed by atoms with Crippen LogP contribution >= 0.6 is 11.6 Å². The average molecular weight is 268 g/mol. The lowest BCUT2D eigenvalue weighted by molar-refractivity contribution is -0.119. The first kappa shape index (κ1) is 14.1. The number of nitrogens with zero attached hydrogens (tertiary/aromatic N) is 1. The van der Waals surface area contributed by atoms with Crippen molar-refractivity contribution in [2.24, 2.45) is 10.8 Å². The van der Waals surface area contributed by atoms with Crippen LogP contribution in [0.1, 0.15) is 12.5 Å². The summed E-state index contributed by atoms with van der Waals surface area (Å²) < 4.78 is 0. The van der Waals surface area contributed by atoms with Gasteiger partial charge in [-0.25, -0.2) is 10.8 Å². The van der Waals surface area contributed by atoms with Crippen molar-refractivity contribution in [3.05, 3.63) is 28.8 Å². The van der Waals surface area contributed by atoms with E-state index in [0.29, 0.717) is 17.3 Å². The Hall–Kier alpha value is -1.92. The van der Waals surface area contributed by atoms with Crippen LogP contribution in [0.3, 0.4) is 0 Å². The molecule has 1 aromatic rings. The Morgan fingerprint density at radius 1 is 1.61 bits per heavy atom. The summed E-state index contributed by atoms with van der Waals surface area (Å²) in [5.74, 6) is 5.27. The lowest BCUT2D eigenvalue weighted by atomic mass is 10.2. The van der Waals surface area contributed by atoms with E-state index in [9.17, 15) is 4.79 Å². The molecule has 18 heavy (non-hydrogen) atoms. The van der Waals surface area contributed by atoms with Crippen LogP contribution in [0.25, 0.3) is 0 Å². The second-order valence-corrected chi connectivity index (χ2v) is 3.90. The van der Waals surface area contributed by atoms with Gasteiger partial charge in [0.05, 0.1) is 11.9 Å². The molecule has 0 saturated heterocycles. The van der Waals surface area contributed by atoms with Crippen molar-refractivity contribution in [3.8, 4) is 0 Å². The second kappa shape index (κ2) is 6.73. The highest BCUT2D eigenvalue weighted by molar-refractivity contribution is 6.31. The van der Waals surface area contributed by atoms with Crippen molar-refractivity contribution in [1.82, 2.24) is 10.7 Å². The molecule has 0 atom stereocenters. The van der Waals surface area contributed by atoms with Gasteiger partial charge in [0.1, 0.15) is 0 Å². The zero-order valence-electron chi connectivity index (χ0n) is 9.83. The molecule has 6 nitrogen and oxygen atoms in total. The molecule has 1 amide bonds. The van der Waals surface area contributed by atoms with E-state index in [1.54, 1.807) is 18.2 Å². The number of nitrogens with two attached hydrogens (primary N) is 1. The Morgan fingerprint density at radius 2 is 2.33 bits per heavy atom. The van der Waals surface area contributed by atoms with Gasteiger partial charge in [0.15, 0.2) is 5.84 Å².